The lowest BCUT2D eigenvalue weighted by Crippen LogP contribution is -2.11. The van der Waals surface area contributed by atoms with Crippen molar-refractivity contribution < 1.29 is 8.42 Å². The van der Waals surface area contributed by atoms with Gasteiger partial charge in [0.2, 0.25) is 0 Å². The highest BCUT2D eigenvalue weighted by Crippen LogP contribution is 2.23. The fourth-order valence-electron chi connectivity index (χ4n) is 1.20. The van der Waals surface area contributed by atoms with Crippen LogP contribution in [0.15, 0.2) is 28.6 Å². The first-order chi connectivity index (χ1) is 7.62. The zero-order valence-corrected chi connectivity index (χ0v) is 10.2. The Morgan fingerprint density at radius 2 is 2.25 bits per heavy atom. The standard InChI is InChI=1S/C9H11N3O2S2/c1-2-7-3-4-9(15-7)16(13,14)12-8-5-6-10-11-8/h3-6H,2H2,1H3,(H2,10,11,12). The summed E-state index contributed by atoms with van der Waals surface area (Å²) in [4.78, 5) is 1.05. The number of sulfonamides is 1. The van der Waals surface area contributed by atoms with Gasteiger partial charge in [-0.15, -0.1) is 11.3 Å². The van der Waals surface area contributed by atoms with E-state index in [1.807, 2.05) is 13.0 Å². The van der Waals surface area contributed by atoms with Crippen LogP contribution in [0.1, 0.15) is 11.8 Å². The largest absolute Gasteiger partial charge is 0.272 e. The highest BCUT2D eigenvalue weighted by atomic mass is 32.2. The zero-order valence-electron chi connectivity index (χ0n) is 8.60. The minimum atomic E-state index is -3.48. The van der Waals surface area contributed by atoms with Crippen LogP contribution in [0, 0.1) is 0 Å². The van der Waals surface area contributed by atoms with Crippen molar-refractivity contribution in [2.45, 2.75) is 17.6 Å². The quantitative estimate of drug-likeness (QED) is 0.877. The van der Waals surface area contributed by atoms with Crippen LogP contribution in [0.5, 0.6) is 0 Å². The number of nitrogens with zero attached hydrogens (tertiary/aromatic N) is 1. The van der Waals surface area contributed by atoms with Gasteiger partial charge in [0.25, 0.3) is 10.0 Å². The predicted octanol–water partition coefficient (Wildman–Crippen LogP) is 1.83. The Balaban J connectivity index is 2.25. The van der Waals surface area contributed by atoms with Crippen LogP contribution in [0.3, 0.4) is 0 Å². The molecular formula is C9H11N3O2S2. The van der Waals surface area contributed by atoms with Crippen molar-refractivity contribution in [3.05, 3.63) is 29.3 Å². The van der Waals surface area contributed by atoms with Gasteiger partial charge >= 0.3 is 0 Å². The molecule has 0 saturated heterocycles. The van der Waals surface area contributed by atoms with E-state index in [4.69, 9.17) is 0 Å². The molecule has 2 aromatic rings. The first kappa shape index (κ1) is 11.2. The lowest BCUT2D eigenvalue weighted by Gasteiger charge is -2.02. The molecule has 0 radical (unpaired) electrons. The number of nitrogens with one attached hydrogen (secondary N) is 2. The molecule has 2 heterocycles. The average Bonchev–Trinajstić information content (AvgIpc) is 2.85. The Labute approximate surface area is 97.6 Å². The van der Waals surface area contributed by atoms with Crippen molar-refractivity contribution in [1.29, 1.82) is 0 Å². The second kappa shape index (κ2) is 4.26. The van der Waals surface area contributed by atoms with Crippen LogP contribution < -0.4 is 4.72 Å². The molecule has 0 saturated carbocycles. The molecule has 0 spiro atoms. The fraction of sp³-hybridized carbons (Fsp3) is 0.222. The number of hydrogen-bond acceptors (Lipinski definition) is 4. The van der Waals surface area contributed by atoms with Gasteiger partial charge < -0.3 is 0 Å². The minimum absolute atomic E-state index is 0.318. The molecule has 2 rings (SSSR count). The molecule has 0 atom stereocenters. The number of aromatic nitrogens is 2. The van der Waals surface area contributed by atoms with E-state index in [-0.39, 0.29) is 0 Å². The molecule has 0 unspecified atom stereocenters. The van der Waals surface area contributed by atoms with Crippen molar-refractivity contribution in [3.8, 4) is 0 Å². The molecule has 0 bridgehead atoms. The van der Waals surface area contributed by atoms with E-state index in [0.29, 0.717) is 10.0 Å². The first-order valence-electron chi connectivity index (χ1n) is 4.72. The van der Waals surface area contributed by atoms with E-state index < -0.39 is 10.0 Å². The summed E-state index contributed by atoms with van der Waals surface area (Å²) in [6, 6.07) is 5.00. The Morgan fingerprint density at radius 3 is 2.81 bits per heavy atom. The van der Waals surface area contributed by atoms with Crippen molar-refractivity contribution in [2.24, 2.45) is 0 Å². The van der Waals surface area contributed by atoms with Gasteiger partial charge in [-0.3, -0.25) is 9.82 Å². The number of aryl methyl sites for hydroxylation is 1. The molecule has 5 nitrogen and oxygen atoms in total. The number of H-pyrrole nitrogens is 1. The fourth-order valence-corrected chi connectivity index (χ4v) is 3.51. The maximum Gasteiger partial charge on any atom is 0.272 e. The molecule has 7 heteroatoms. The second-order valence-corrected chi connectivity index (χ2v) is 6.23. The van der Waals surface area contributed by atoms with E-state index >= 15 is 0 Å². The normalized spacial score (nSPS) is 11.6. The van der Waals surface area contributed by atoms with Gasteiger partial charge in [-0.2, -0.15) is 5.10 Å². The Kier molecular flexibility index (Phi) is 2.97. The number of anilines is 1. The van der Waals surface area contributed by atoms with Gasteiger partial charge in [0.05, 0.1) is 6.20 Å². The zero-order chi connectivity index (χ0) is 11.6. The van der Waals surface area contributed by atoms with E-state index in [1.54, 1.807) is 12.1 Å². The molecule has 0 aliphatic carbocycles. The third kappa shape index (κ3) is 2.25. The Morgan fingerprint density at radius 1 is 1.44 bits per heavy atom. The first-order valence-corrected chi connectivity index (χ1v) is 7.02. The van der Waals surface area contributed by atoms with Gasteiger partial charge in [-0.25, -0.2) is 8.42 Å². The van der Waals surface area contributed by atoms with Crippen LogP contribution in [0.4, 0.5) is 5.82 Å². The number of aromatic amines is 1. The van der Waals surface area contributed by atoms with Gasteiger partial charge in [-0.1, -0.05) is 6.92 Å². The topological polar surface area (TPSA) is 74.8 Å². The number of rotatable bonds is 4. The van der Waals surface area contributed by atoms with Crippen molar-refractivity contribution in [2.75, 3.05) is 4.72 Å². The van der Waals surface area contributed by atoms with E-state index in [1.165, 1.54) is 17.5 Å². The van der Waals surface area contributed by atoms with Crippen LogP contribution in [0.2, 0.25) is 0 Å². The van der Waals surface area contributed by atoms with Gasteiger partial charge in [0.15, 0.2) is 0 Å². The van der Waals surface area contributed by atoms with Crippen molar-refractivity contribution >= 4 is 27.2 Å². The molecule has 2 N–H and O–H groups in total. The summed E-state index contributed by atoms with van der Waals surface area (Å²) in [5, 5.41) is 6.22. The Hall–Kier alpha value is -1.34. The maximum atomic E-state index is 11.9. The minimum Gasteiger partial charge on any atom is -0.263 e. The second-order valence-electron chi connectivity index (χ2n) is 3.15. The molecule has 0 amide bonds. The van der Waals surface area contributed by atoms with Gasteiger partial charge in [0.1, 0.15) is 10.0 Å². The molecule has 0 aliphatic rings. The average molecular weight is 257 g/mol. The smallest absolute Gasteiger partial charge is 0.263 e. The summed E-state index contributed by atoms with van der Waals surface area (Å²) < 4.78 is 26.5. The summed E-state index contributed by atoms with van der Waals surface area (Å²) in [5.41, 5.74) is 0. The highest BCUT2D eigenvalue weighted by Gasteiger charge is 2.16. The lowest BCUT2D eigenvalue weighted by atomic mass is 10.4. The van der Waals surface area contributed by atoms with Gasteiger partial charge in [0, 0.05) is 10.9 Å². The molecule has 0 aromatic carbocycles. The van der Waals surface area contributed by atoms with Crippen molar-refractivity contribution in [3.63, 3.8) is 0 Å². The molecular weight excluding hydrogens is 246 g/mol. The van der Waals surface area contributed by atoms with Gasteiger partial charge in [-0.05, 0) is 18.6 Å². The predicted molar refractivity (Wildman–Crippen MR) is 63.1 cm³/mol. The monoisotopic (exact) mass is 257 g/mol. The Bertz CT molecular complexity index is 557. The highest BCUT2D eigenvalue weighted by molar-refractivity contribution is 7.94. The van der Waals surface area contributed by atoms with E-state index in [0.717, 1.165) is 11.3 Å². The number of thiophene rings is 1. The van der Waals surface area contributed by atoms with Crippen molar-refractivity contribution in [1.82, 2.24) is 10.2 Å². The van der Waals surface area contributed by atoms with E-state index in [2.05, 4.69) is 14.9 Å². The molecule has 0 fully saturated rings. The summed E-state index contributed by atoms with van der Waals surface area (Å²) in [7, 11) is -3.48. The summed E-state index contributed by atoms with van der Waals surface area (Å²) in [6.45, 7) is 1.99. The number of hydrogen-bond donors (Lipinski definition) is 2. The molecule has 2 aromatic heterocycles. The van der Waals surface area contributed by atoms with Crippen LogP contribution >= 0.6 is 11.3 Å². The third-order valence-electron chi connectivity index (χ3n) is 2.00. The molecule has 86 valence electrons. The maximum absolute atomic E-state index is 11.9. The lowest BCUT2D eigenvalue weighted by molar-refractivity contribution is 0.603. The van der Waals surface area contributed by atoms with Crippen LogP contribution in [0.25, 0.3) is 0 Å². The van der Waals surface area contributed by atoms with E-state index in [9.17, 15) is 8.42 Å². The SMILES string of the molecule is CCc1ccc(S(=O)(=O)Nc2ccn[nH]2)s1. The third-order valence-corrected chi connectivity index (χ3v) is 5.08. The summed E-state index contributed by atoms with van der Waals surface area (Å²) >= 11 is 1.28. The van der Waals surface area contributed by atoms with Crippen LogP contribution in [-0.4, -0.2) is 18.6 Å². The molecule has 0 aliphatic heterocycles. The summed E-state index contributed by atoms with van der Waals surface area (Å²) in [5.74, 6) is 0.367. The molecule has 16 heavy (non-hydrogen) atoms. The summed E-state index contributed by atoms with van der Waals surface area (Å²) in [6.07, 6.45) is 2.33. The van der Waals surface area contributed by atoms with Crippen LogP contribution in [-0.2, 0) is 16.4 Å².